The minimum atomic E-state index is -0.171. The van der Waals surface area contributed by atoms with Gasteiger partial charge in [-0.25, -0.2) is 0 Å². The van der Waals surface area contributed by atoms with Crippen molar-refractivity contribution in [3.63, 3.8) is 0 Å². The Morgan fingerprint density at radius 2 is 2.10 bits per heavy atom. The summed E-state index contributed by atoms with van der Waals surface area (Å²) in [5.74, 6) is 0.181. The highest BCUT2D eigenvalue weighted by atomic mass is 79.9. The molecular formula is C15H17BrN2O3. The number of hydrogen-bond donors (Lipinski definition) is 1. The molecule has 0 radical (unpaired) electrons. The van der Waals surface area contributed by atoms with Gasteiger partial charge in [-0.05, 0) is 24.3 Å². The molecule has 0 aliphatic carbocycles. The van der Waals surface area contributed by atoms with Crippen LogP contribution in [-0.2, 0) is 4.74 Å². The number of ether oxygens (including phenoxy) is 1. The summed E-state index contributed by atoms with van der Waals surface area (Å²) in [4.78, 5) is 14.4. The number of nitrogens with one attached hydrogen (secondary N) is 1. The van der Waals surface area contributed by atoms with Crippen LogP contribution in [-0.4, -0.2) is 50.2 Å². The van der Waals surface area contributed by atoms with Gasteiger partial charge in [-0.15, -0.1) is 0 Å². The van der Waals surface area contributed by atoms with E-state index in [1.807, 2.05) is 18.2 Å². The first-order valence-electron chi connectivity index (χ1n) is 7.00. The van der Waals surface area contributed by atoms with Gasteiger partial charge < -0.3 is 14.5 Å². The van der Waals surface area contributed by atoms with Gasteiger partial charge in [0.2, 0.25) is 0 Å². The van der Waals surface area contributed by atoms with E-state index in [0.29, 0.717) is 17.9 Å². The van der Waals surface area contributed by atoms with Crippen LogP contribution in [0.3, 0.4) is 0 Å². The summed E-state index contributed by atoms with van der Waals surface area (Å²) in [7, 11) is 0. The van der Waals surface area contributed by atoms with E-state index in [0.717, 1.165) is 42.7 Å². The fraction of sp³-hybridized carbons (Fsp3) is 0.400. The van der Waals surface area contributed by atoms with Crippen LogP contribution in [0.1, 0.15) is 10.6 Å². The van der Waals surface area contributed by atoms with E-state index in [-0.39, 0.29) is 5.91 Å². The van der Waals surface area contributed by atoms with Crippen LogP contribution >= 0.6 is 15.9 Å². The molecule has 0 bridgehead atoms. The van der Waals surface area contributed by atoms with Crippen molar-refractivity contribution in [1.82, 2.24) is 10.2 Å². The molecule has 0 atom stereocenters. The maximum atomic E-state index is 12.1. The molecule has 0 spiro atoms. The van der Waals surface area contributed by atoms with Crippen molar-refractivity contribution in [3.05, 3.63) is 34.5 Å². The van der Waals surface area contributed by atoms with Gasteiger partial charge in [0.05, 0.1) is 13.2 Å². The van der Waals surface area contributed by atoms with Gasteiger partial charge in [0.15, 0.2) is 5.76 Å². The molecule has 1 aliphatic rings. The molecule has 21 heavy (non-hydrogen) atoms. The second-order valence-electron chi connectivity index (χ2n) is 5.00. The number of halogens is 1. The molecule has 6 heteroatoms. The average Bonchev–Trinajstić information content (AvgIpc) is 2.91. The molecule has 112 valence electrons. The van der Waals surface area contributed by atoms with E-state index in [1.165, 1.54) is 0 Å². The number of carbonyl (C=O) groups is 1. The molecule has 1 fully saturated rings. The number of amides is 1. The molecule has 1 aliphatic heterocycles. The van der Waals surface area contributed by atoms with Gasteiger partial charge in [0.25, 0.3) is 5.91 Å². The first-order valence-corrected chi connectivity index (χ1v) is 7.79. The molecule has 3 rings (SSSR count). The quantitative estimate of drug-likeness (QED) is 0.916. The second kappa shape index (κ2) is 6.60. The van der Waals surface area contributed by atoms with Crippen LogP contribution in [0.15, 0.2) is 33.2 Å². The zero-order chi connectivity index (χ0) is 14.7. The molecule has 1 aromatic heterocycles. The first-order chi connectivity index (χ1) is 10.2. The van der Waals surface area contributed by atoms with Crippen LogP contribution < -0.4 is 5.32 Å². The first kappa shape index (κ1) is 14.6. The lowest BCUT2D eigenvalue weighted by Crippen LogP contribution is -2.41. The summed E-state index contributed by atoms with van der Waals surface area (Å²) < 4.78 is 11.8. The Balaban J connectivity index is 1.56. The Labute approximate surface area is 131 Å². The smallest absolute Gasteiger partial charge is 0.287 e. The second-order valence-corrected chi connectivity index (χ2v) is 5.92. The number of nitrogens with zero attached hydrogens (tertiary/aromatic N) is 1. The lowest BCUT2D eigenvalue weighted by Gasteiger charge is -2.26. The predicted molar refractivity (Wildman–Crippen MR) is 83.5 cm³/mol. The van der Waals surface area contributed by atoms with Crippen molar-refractivity contribution < 1.29 is 13.9 Å². The third kappa shape index (κ3) is 3.64. The minimum Gasteiger partial charge on any atom is -0.451 e. The number of morpholine rings is 1. The fourth-order valence-corrected chi connectivity index (χ4v) is 2.70. The lowest BCUT2D eigenvalue weighted by molar-refractivity contribution is 0.0382. The molecule has 0 saturated carbocycles. The molecule has 0 unspecified atom stereocenters. The van der Waals surface area contributed by atoms with Crippen LogP contribution in [0.4, 0.5) is 0 Å². The number of hydrogen-bond acceptors (Lipinski definition) is 4. The Bertz CT molecular complexity index is 635. The largest absolute Gasteiger partial charge is 0.451 e. The molecule has 1 amide bonds. The SMILES string of the molecule is O=C(NCCN1CCOCC1)c1cc2ccc(Br)cc2o1. The molecule has 1 saturated heterocycles. The number of fused-ring (bicyclic) bond motifs is 1. The van der Waals surface area contributed by atoms with Crippen LogP contribution in [0.5, 0.6) is 0 Å². The lowest BCUT2D eigenvalue weighted by atomic mass is 10.2. The zero-order valence-electron chi connectivity index (χ0n) is 11.6. The van der Waals surface area contributed by atoms with E-state index in [4.69, 9.17) is 9.15 Å². The van der Waals surface area contributed by atoms with E-state index >= 15 is 0 Å². The van der Waals surface area contributed by atoms with Crippen LogP contribution in [0.2, 0.25) is 0 Å². The number of rotatable bonds is 4. The van der Waals surface area contributed by atoms with E-state index in [1.54, 1.807) is 6.07 Å². The number of furan rings is 1. The van der Waals surface area contributed by atoms with E-state index in [2.05, 4.69) is 26.1 Å². The topological polar surface area (TPSA) is 54.7 Å². The Morgan fingerprint density at radius 1 is 1.29 bits per heavy atom. The summed E-state index contributed by atoms with van der Waals surface area (Å²) in [5.41, 5.74) is 0.711. The summed E-state index contributed by atoms with van der Waals surface area (Å²) in [6.45, 7) is 4.84. The maximum absolute atomic E-state index is 12.1. The Morgan fingerprint density at radius 3 is 2.90 bits per heavy atom. The third-order valence-corrected chi connectivity index (χ3v) is 4.02. The van der Waals surface area contributed by atoms with Gasteiger partial charge in [-0.3, -0.25) is 9.69 Å². The summed E-state index contributed by atoms with van der Waals surface area (Å²) >= 11 is 3.39. The molecular weight excluding hydrogens is 336 g/mol. The number of benzene rings is 1. The summed E-state index contributed by atoms with van der Waals surface area (Å²) in [6, 6.07) is 7.48. The molecule has 1 aromatic carbocycles. The van der Waals surface area contributed by atoms with Gasteiger partial charge in [-0.2, -0.15) is 0 Å². The highest BCUT2D eigenvalue weighted by Crippen LogP contribution is 2.23. The van der Waals surface area contributed by atoms with Gasteiger partial charge >= 0.3 is 0 Å². The summed E-state index contributed by atoms with van der Waals surface area (Å²) in [6.07, 6.45) is 0. The van der Waals surface area contributed by atoms with Crippen molar-refractivity contribution in [2.24, 2.45) is 0 Å². The van der Waals surface area contributed by atoms with Gasteiger partial charge in [-0.1, -0.05) is 15.9 Å². The highest BCUT2D eigenvalue weighted by Gasteiger charge is 2.14. The van der Waals surface area contributed by atoms with Gasteiger partial charge in [0.1, 0.15) is 5.58 Å². The molecule has 1 N–H and O–H groups in total. The predicted octanol–water partition coefficient (Wildman–Crippen LogP) is 2.26. The van der Waals surface area contributed by atoms with Crippen molar-refractivity contribution in [2.75, 3.05) is 39.4 Å². The van der Waals surface area contributed by atoms with Crippen LogP contribution in [0, 0.1) is 0 Å². The standard InChI is InChI=1S/C15H17BrN2O3/c16-12-2-1-11-9-14(21-13(11)10-12)15(19)17-3-4-18-5-7-20-8-6-18/h1-2,9-10H,3-8H2,(H,17,19). The Kier molecular flexibility index (Phi) is 4.57. The fourth-order valence-electron chi connectivity index (χ4n) is 2.36. The monoisotopic (exact) mass is 352 g/mol. The van der Waals surface area contributed by atoms with Crippen molar-refractivity contribution in [3.8, 4) is 0 Å². The van der Waals surface area contributed by atoms with Crippen molar-refractivity contribution in [2.45, 2.75) is 0 Å². The van der Waals surface area contributed by atoms with Gasteiger partial charge in [0, 0.05) is 36.0 Å². The average molecular weight is 353 g/mol. The zero-order valence-corrected chi connectivity index (χ0v) is 13.2. The van der Waals surface area contributed by atoms with Crippen molar-refractivity contribution in [1.29, 1.82) is 0 Å². The molecule has 2 aromatic rings. The maximum Gasteiger partial charge on any atom is 0.287 e. The Hall–Kier alpha value is -1.37. The van der Waals surface area contributed by atoms with E-state index < -0.39 is 0 Å². The van der Waals surface area contributed by atoms with E-state index in [9.17, 15) is 4.79 Å². The normalized spacial score (nSPS) is 16.2. The number of carbonyl (C=O) groups excluding carboxylic acids is 1. The molecule has 2 heterocycles. The molecule has 5 nitrogen and oxygen atoms in total. The van der Waals surface area contributed by atoms with Crippen molar-refractivity contribution >= 4 is 32.8 Å². The van der Waals surface area contributed by atoms with Crippen LogP contribution in [0.25, 0.3) is 11.0 Å². The summed E-state index contributed by atoms with van der Waals surface area (Å²) in [5, 5.41) is 3.82. The third-order valence-electron chi connectivity index (χ3n) is 3.52. The minimum absolute atomic E-state index is 0.171. The highest BCUT2D eigenvalue weighted by molar-refractivity contribution is 9.10.